The topological polar surface area (TPSA) is 50.8 Å². The minimum atomic E-state index is -0.422. The van der Waals surface area contributed by atoms with Crippen molar-refractivity contribution in [3.8, 4) is 11.5 Å². The molecule has 0 aliphatic carbocycles. The highest BCUT2D eigenvalue weighted by atomic mass is 35.5. The number of nitrogens with one attached hydrogen (secondary N) is 1. The maximum atomic E-state index is 13.8. The van der Waals surface area contributed by atoms with Crippen LogP contribution < -0.4 is 14.8 Å². The van der Waals surface area contributed by atoms with Crippen molar-refractivity contribution in [1.82, 2.24) is 4.90 Å². The van der Waals surface area contributed by atoms with Gasteiger partial charge < -0.3 is 14.8 Å². The third-order valence-electron chi connectivity index (χ3n) is 3.87. The van der Waals surface area contributed by atoms with E-state index in [2.05, 4.69) is 5.32 Å². The first kappa shape index (κ1) is 20.0. The molecule has 2 aromatic rings. The zero-order chi connectivity index (χ0) is 19.1. The number of carbonyl (C=O) groups is 1. The molecule has 0 unspecified atom stereocenters. The lowest BCUT2D eigenvalue weighted by molar-refractivity contribution is -0.117. The maximum Gasteiger partial charge on any atom is 0.238 e. The molecule has 0 saturated heterocycles. The Morgan fingerprint density at radius 1 is 1.15 bits per heavy atom. The van der Waals surface area contributed by atoms with Crippen LogP contribution >= 0.6 is 11.6 Å². The molecule has 0 bridgehead atoms. The van der Waals surface area contributed by atoms with Gasteiger partial charge in [0.25, 0.3) is 0 Å². The van der Waals surface area contributed by atoms with Gasteiger partial charge in [0.1, 0.15) is 5.75 Å². The van der Waals surface area contributed by atoms with E-state index in [0.717, 1.165) is 5.56 Å². The summed E-state index contributed by atoms with van der Waals surface area (Å²) < 4.78 is 24.0. The van der Waals surface area contributed by atoms with E-state index >= 15 is 0 Å². The number of likely N-dealkylation sites (N-methyl/N-ethyl adjacent to an activating group) is 1. The predicted molar refractivity (Wildman–Crippen MR) is 101 cm³/mol. The minimum Gasteiger partial charge on any atom is -0.495 e. The van der Waals surface area contributed by atoms with Gasteiger partial charge in [-0.3, -0.25) is 9.69 Å². The standard InChI is InChI=1S/C19H22ClFN2O3/c1-4-23(11-13-5-7-17(25-2)15(21)9-13)12-19(24)22-16-10-14(20)6-8-18(16)26-3/h5-10H,4,11-12H2,1-3H3,(H,22,24). The van der Waals surface area contributed by atoms with Crippen LogP contribution in [0.15, 0.2) is 36.4 Å². The predicted octanol–water partition coefficient (Wildman–Crippen LogP) is 3.96. The number of benzene rings is 2. The number of nitrogens with zero attached hydrogens (tertiary/aromatic N) is 1. The molecule has 0 fully saturated rings. The molecule has 7 heteroatoms. The van der Waals surface area contributed by atoms with Crippen molar-refractivity contribution in [2.45, 2.75) is 13.5 Å². The zero-order valence-corrected chi connectivity index (χ0v) is 15.8. The van der Waals surface area contributed by atoms with Crippen molar-refractivity contribution in [2.24, 2.45) is 0 Å². The fraction of sp³-hybridized carbons (Fsp3) is 0.316. The van der Waals surface area contributed by atoms with E-state index in [4.69, 9.17) is 21.1 Å². The smallest absolute Gasteiger partial charge is 0.238 e. The molecule has 26 heavy (non-hydrogen) atoms. The monoisotopic (exact) mass is 380 g/mol. The van der Waals surface area contributed by atoms with Gasteiger partial charge in [-0.05, 0) is 42.4 Å². The lowest BCUT2D eigenvalue weighted by Gasteiger charge is -2.20. The summed E-state index contributed by atoms with van der Waals surface area (Å²) >= 11 is 5.97. The van der Waals surface area contributed by atoms with Crippen LogP contribution in [0.2, 0.25) is 5.02 Å². The largest absolute Gasteiger partial charge is 0.495 e. The Labute approximate surface area is 157 Å². The number of rotatable bonds is 8. The normalized spacial score (nSPS) is 10.7. The first-order valence-corrected chi connectivity index (χ1v) is 8.52. The van der Waals surface area contributed by atoms with Crippen molar-refractivity contribution in [1.29, 1.82) is 0 Å². The quantitative estimate of drug-likeness (QED) is 0.753. The molecule has 1 N–H and O–H groups in total. The Balaban J connectivity index is 2.02. The molecule has 0 aliphatic heterocycles. The summed E-state index contributed by atoms with van der Waals surface area (Å²) in [5.41, 5.74) is 1.27. The number of hydrogen-bond acceptors (Lipinski definition) is 4. The molecule has 0 saturated carbocycles. The van der Waals surface area contributed by atoms with Gasteiger partial charge >= 0.3 is 0 Å². The Kier molecular flexibility index (Phi) is 7.24. The van der Waals surface area contributed by atoms with Crippen molar-refractivity contribution >= 4 is 23.2 Å². The van der Waals surface area contributed by atoms with E-state index in [1.807, 2.05) is 11.8 Å². The molecule has 0 heterocycles. The fourth-order valence-corrected chi connectivity index (χ4v) is 2.69. The van der Waals surface area contributed by atoms with Gasteiger partial charge in [-0.1, -0.05) is 24.6 Å². The molecule has 5 nitrogen and oxygen atoms in total. The Bertz CT molecular complexity index is 770. The van der Waals surface area contributed by atoms with Crippen LogP contribution in [0.25, 0.3) is 0 Å². The lowest BCUT2D eigenvalue weighted by atomic mass is 10.2. The number of halogens is 2. The average Bonchev–Trinajstić information content (AvgIpc) is 2.61. The third kappa shape index (κ3) is 5.34. The van der Waals surface area contributed by atoms with Gasteiger partial charge in [0, 0.05) is 11.6 Å². The summed E-state index contributed by atoms with van der Waals surface area (Å²) in [7, 11) is 2.94. The second-order valence-corrected chi connectivity index (χ2v) is 6.10. The molecular weight excluding hydrogens is 359 g/mol. The highest BCUT2D eigenvalue weighted by Crippen LogP contribution is 2.27. The maximum absolute atomic E-state index is 13.8. The number of carbonyl (C=O) groups excluding carboxylic acids is 1. The van der Waals surface area contributed by atoms with Crippen molar-refractivity contribution in [3.63, 3.8) is 0 Å². The molecule has 0 atom stereocenters. The first-order valence-electron chi connectivity index (χ1n) is 8.15. The van der Waals surface area contributed by atoms with Crippen LogP contribution in [0.5, 0.6) is 11.5 Å². The molecular formula is C19H22ClFN2O3. The fourth-order valence-electron chi connectivity index (χ4n) is 2.52. The van der Waals surface area contributed by atoms with Crippen LogP contribution in [0.4, 0.5) is 10.1 Å². The molecule has 1 amide bonds. The van der Waals surface area contributed by atoms with Crippen LogP contribution in [0.1, 0.15) is 12.5 Å². The van der Waals surface area contributed by atoms with E-state index in [1.54, 1.807) is 30.3 Å². The van der Waals surface area contributed by atoms with Crippen LogP contribution in [-0.2, 0) is 11.3 Å². The van der Waals surface area contributed by atoms with Gasteiger partial charge in [-0.15, -0.1) is 0 Å². The van der Waals surface area contributed by atoms with E-state index in [-0.39, 0.29) is 18.2 Å². The highest BCUT2D eigenvalue weighted by molar-refractivity contribution is 6.31. The molecule has 0 spiro atoms. The minimum absolute atomic E-state index is 0.153. The van der Waals surface area contributed by atoms with Crippen LogP contribution in [0.3, 0.4) is 0 Å². The second-order valence-electron chi connectivity index (χ2n) is 5.66. The first-order chi connectivity index (χ1) is 12.5. The number of hydrogen-bond donors (Lipinski definition) is 1. The molecule has 2 rings (SSSR count). The third-order valence-corrected chi connectivity index (χ3v) is 4.11. The summed E-state index contributed by atoms with van der Waals surface area (Å²) in [6.45, 7) is 3.16. The summed E-state index contributed by atoms with van der Waals surface area (Å²) in [5, 5.41) is 3.30. The van der Waals surface area contributed by atoms with Gasteiger partial charge in [-0.2, -0.15) is 0 Å². The van der Waals surface area contributed by atoms with Gasteiger partial charge in [0.2, 0.25) is 5.91 Å². The number of methoxy groups -OCH3 is 2. The lowest BCUT2D eigenvalue weighted by Crippen LogP contribution is -2.32. The van der Waals surface area contributed by atoms with E-state index in [0.29, 0.717) is 29.5 Å². The van der Waals surface area contributed by atoms with Gasteiger partial charge in [0.15, 0.2) is 11.6 Å². The van der Waals surface area contributed by atoms with Gasteiger partial charge in [0.05, 0.1) is 26.5 Å². The van der Waals surface area contributed by atoms with E-state index in [9.17, 15) is 9.18 Å². The van der Waals surface area contributed by atoms with Crippen molar-refractivity contribution in [2.75, 3.05) is 32.6 Å². The number of amides is 1. The summed E-state index contributed by atoms with van der Waals surface area (Å²) in [6, 6.07) is 9.78. The van der Waals surface area contributed by atoms with E-state index < -0.39 is 5.82 Å². The molecule has 0 aliphatic rings. The van der Waals surface area contributed by atoms with Crippen molar-refractivity contribution in [3.05, 3.63) is 52.8 Å². The van der Waals surface area contributed by atoms with Crippen molar-refractivity contribution < 1.29 is 18.7 Å². The second kappa shape index (κ2) is 9.40. The van der Waals surface area contributed by atoms with Crippen LogP contribution in [0, 0.1) is 5.82 Å². The molecule has 0 radical (unpaired) electrons. The molecule has 0 aromatic heterocycles. The number of anilines is 1. The van der Waals surface area contributed by atoms with Gasteiger partial charge in [-0.25, -0.2) is 4.39 Å². The summed E-state index contributed by atoms with van der Waals surface area (Å²) in [4.78, 5) is 14.3. The Morgan fingerprint density at radius 3 is 2.46 bits per heavy atom. The summed E-state index contributed by atoms with van der Waals surface area (Å²) in [5.74, 6) is 0.0983. The Hall–Kier alpha value is -2.31. The number of ether oxygens (including phenoxy) is 2. The average molecular weight is 381 g/mol. The molecule has 2 aromatic carbocycles. The van der Waals surface area contributed by atoms with Crippen LogP contribution in [-0.4, -0.2) is 38.1 Å². The van der Waals surface area contributed by atoms with E-state index in [1.165, 1.54) is 20.3 Å². The zero-order valence-electron chi connectivity index (χ0n) is 15.0. The molecule has 140 valence electrons. The Morgan fingerprint density at radius 2 is 1.85 bits per heavy atom. The summed E-state index contributed by atoms with van der Waals surface area (Å²) in [6.07, 6.45) is 0. The highest BCUT2D eigenvalue weighted by Gasteiger charge is 2.13. The SMILES string of the molecule is CCN(CC(=O)Nc1cc(Cl)ccc1OC)Cc1ccc(OC)c(F)c1.